The van der Waals surface area contributed by atoms with E-state index in [1.165, 1.54) is 0 Å². The minimum absolute atomic E-state index is 0.190. The summed E-state index contributed by atoms with van der Waals surface area (Å²) in [6, 6.07) is 0. The molecule has 0 heterocycles. The van der Waals surface area contributed by atoms with Crippen LogP contribution in [-0.4, -0.2) is 50.5 Å². The van der Waals surface area contributed by atoms with Gasteiger partial charge in [0.2, 0.25) is 5.88 Å². The van der Waals surface area contributed by atoms with E-state index in [0.29, 0.717) is 13.1 Å². The molecule has 0 saturated heterocycles. The number of hydrogen-bond donors (Lipinski definition) is 2. The highest BCUT2D eigenvalue weighted by molar-refractivity contribution is 7.85. The van der Waals surface area contributed by atoms with Crippen molar-refractivity contribution >= 4 is 10.1 Å². The van der Waals surface area contributed by atoms with Gasteiger partial charge in [0.15, 0.2) is 0 Å². The average Bonchev–Trinajstić information content (AvgIpc) is 1.55. The van der Waals surface area contributed by atoms with Crippen LogP contribution >= 0.6 is 0 Å². The molecular formula is C5H15N2O3S+. The Bertz CT molecular complexity index is 210. The van der Waals surface area contributed by atoms with Crippen LogP contribution in [0.3, 0.4) is 0 Å². The molecule has 0 aliphatic carbocycles. The van der Waals surface area contributed by atoms with Gasteiger partial charge in [0.25, 0.3) is 0 Å². The Kier molecular flexibility index (Phi) is 3.43. The van der Waals surface area contributed by atoms with E-state index in [2.05, 4.69) is 0 Å². The van der Waals surface area contributed by atoms with Crippen LogP contribution in [0.1, 0.15) is 0 Å². The van der Waals surface area contributed by atoms with Gasteiger partial charge in [0.1, 0.15) is 0 Å². The largest absolute Gasteiger partial charge is 0.326 e. The van der Waals surface area contributed by atoms with Crippen LogP contribution in [0.15, 0.2) is 0 Å². The van der Waals surface area contributed by atoms with Crippen LogP contribution in [0.2, 0.25) is 0 Å². The Morgan fingerprint density at radius 1 is 1.45 bits per heavy atom. The lowest BCUT2D eigenvalue weighted by molar-refractivity contribution is -0.877. The third kappa shape index (κ3) is 6.24. The molecule has 0 aromatic rings. The second-order valence-electron chi connectivity index (χ2n) is 3.16. The Morgan fingerprint density at radius 2 is 1.91 bits per heavy atom. The van der Waals surface area contributed by atoms with Crippen molar-refractivity contribution in [1.82, 2.24) is 0 Å². The minimum Gasteiger partial charge on any atom is -0.326 e. The van der Waals surface area contributed by atoms with Crippen molar-refractivity contribution in [1.29, 1.82) is 0 Å². The topological polar surface area (TPSA) is 80.4 Å². The van der Waals surface area contributed by atoms with Gasteiger partial charge in [-0.25, -0.2) is 0 Å². The quantitative estimate of drug-likeness (QED) is 0.427. The molecule has 0 amide bonds. The number of likely N-dealkylation sites (N-methyl/N-ethyl adjacent to an activating group) is 1. The fourth-order valence-electron chi connectivity index (χ4n) is 0.856. The molecular weight excluding hydrogens is 168 g/mol. The first-order chi connectivity index (χ1) is 4.77. The first kappa shape index (κ1) is 10.8. The highest BCUT2D eigenvalue weighted by Crippen LogP contribution is 1.98. The molecule has 0 aliphatic heterocycles. The van der Waals surface area contributed by atoms with E-state index in [9.17, 15) is 8.42 Å². The van der Waals surface area contributed by atoms with E-state index in [4.69, 9.17) is 10.3 Å². The van der Waals surface area contributed by atoms with Gasteiger partial charge in [-0.15, -0.1) is 0 Å². The van der Waals surface area contributed by atoms with Gasteiger partial charge >= 0.3 is 10.1 Å². The molecule has 0 saturated carbocycles. The Morgan fingerprint density at radius 3 is 2.18 bits per heavy atom. The van der Waals surface area contributed by atoms with Crippen molar-refractivity contribution in [3.63, 3.8) is 0 Å². The molecule has 0 unspecified atom stereocenters. The maximum atomic E-state index is 10.4. The van der Waals surface area contributed by atoms with Gasteiger partial charge in [-0.3, -0.25) is 4.55 Å². The van der Waals surface area contributed by atoms with Crippen LogP contribution in [0.25, 0.3) is 0 Å². The van der Waals surface area contributed by atoms with Gasteiger partial charge in [0.05, 0.1) is 20.6 Å². The maximum absolute atomic E-state index is 10.4. The summed E-state index contributed by atoms with van der Waals surface area (Å²) >= 11 is 0. The summed E-state index contributed by atoms with van der Waals surface area (Å²) in [6.45, 7) is 0.933. The Labute approximate surface area is 67.1 Å². The smallest absolute Gasteiger partial charge is 0.316 e. The first-order valence-electron chi connectivity index (χ1n) is 3.24. The number of quaternary nitrogens is 1. The molecule has 0 aromatic heterocycles. The standard InChI is InChI=1S/C5H14N2O3S/c1-7(2,4-3-6)5-11(8,9)10/h3-6H2,1-2H3/p+1. The zero-order valence-corrected chi connectivity index (χ0v) is 7.63. The van der Waals surface area contributed by atoms with Crippen LogP contribution < -0.4 is 5.73 Å². The van der Waals surface area contributed by atoms with Gasteiger partial charge < -0.3 is 10.2 Å². The molecule has 5 nitrogen and oxygen atoms in total. The van der Waals surface area contributed by atoms with Crippen LogP contribution in [0, 0.1) is 0 Å². The Balaban J connectivity index is 4.13. The minimum atomic E-state index is -3.89. The molecule has 11 heavy (non-hydrogen) atoms. The third-order valence-corrected chi connectivity index (χ3v) is 2.27. The zero-order valence-electron chi connectivity index (χ0n) is 6.82. The molecule has 68 valence electrons. The molecule has 0 aliphatic rings. The van der Waals surface area contributed by atoms with Crippen molar-refractivity contribution in [2.75, 3.05) is 33.1 Å². The van der Waals surface area contributed by atoms with Crippen molar-refractivity contribution in [3.8, 4) is 0 Å². The predicted octanol–water partition coefficient (Wildman–Crippen LogP) is -1.13. The SMILES string of the molecule is C[N+](C)(CCN)CS(=O)(=O)O. The van der Waals surface area contributed by atoms with Crippen LogP contribution in [-0.2, 0) is 10.1 Å². The van der Waals surface area contributed by atoms with Crippen LogP contribution in [0.5, 0.6) is 0 Å². The number of nitrogens with two attached hydrogens (primary N) is 1. The second kappa shape index (κ2) is 3.48. The highest BCUT2D eigenvalue weighted by Gasteiger charge is 2.21. The molecule has 0 spiro atoms. The van der Waals surface area contributed by atoms with E-state index in [0.717, 1.165) is 0 Å². The lowest BCUT2D eigenvalue weighted by Crippen LogP contribution is -2.46. The van der Waals surface area contributed by atoms with Crippen molar-refractivity contribution in [2.24, 2.45) is 5.73 Å². The summed E-state index contributed by atoms with van der Waals surface area (Å²) in [4.78, 5) is 0. The normalized spacial score (nSPS) is 13.5. The summed E-state index contributed by atoms with van der Waals surface area (Å²) < 4.78 is 29.5. The fraction of sp³-hybridized carbons (Fsp3) is 1.00. The summed E-state index contributed by atoms with van der Waals surface area (Å²) in [5, 5.41) is 0. The zero-order chi connectivity index (χ0) is 9.12. The maximum Gasteiger partial charge on any atom is 0.316 e. The molecule has 6 heteroatoms. The van der Waals surface area contributed by atoms with Crippen molar-refractivity contribution < 1.29 is 17.5 Å². The third-order valence-electron chi connectivity index (χ3n) is 1.25. The van der Waals surface area contributed by atoms with Gasteiger partial charge in [-0.2, -0.15) is 8.42 Å². The van der Waals surface area contributed by atoms with E-state index >= 15 is 0 Å². The molecule has 3 N–H and O–H groups in total. The second-order valence-corrected chi connectivity index (χ2v) is 4.58. The van der Waals surface area contributed by atoms with Crippen molar-refractivity contribution in [3.05, 3.63) is 0 Å². The Hall–Kier alpha value is -0.170. The summed E-state index contributed by atoms with van der Waals surface area (Å²) in [5.41, 5.74) is 5.24. The van der Waals surface area contributed by atoms with E-state index < -0.39 is 10.1 Å². The molecule has 0 atom stereocenters. The predicted molar refractivity (Wildman–Crippen MR) is 42.4 cm³/mol. The van der Waals surface area contributed by atoms with Gasteiger partial charge in [0, 0.05) is 6.54 Å². The lowest BCUT2D eigenvalue weighted by Gasteiger charge is -2.27. The van der Waals surface area contributed by atoms with E-state index in [1.54, 1.807) is 14.1 Å². The number of nitrogens with zero attached hydrogens (tertiary/aromatic N) is 1. The lowest BCUT2D eigenvalue weighted by atomic mass is 10.5. The molecule has 0 bridgehead atoms. The first-order valence-corrected chi connectivity index (χ1v) is 4.85. The summed E-state index contributed by atoms with van der Waals surface area (Å²) in [7, 11) is -0.497. The van der Waals surface area contributed by atoms with Gasteiger partial charge in [-0.1, -0.05) is 0 Å². The van der Waals surface area contributed by atoms with Crippen molar-refractivity contribution in [2.45, 2.75) is 0 Å². The molecule has 0 aromatic carbocycles. The van der Waals surface area contributed by atoms with E-state index in [1.807, 2.05) is 0 Å². The fourth-order valence-corrected chi connectivity index (χ4v) is 1.87. The number of hydrogen-bond acceptors (Lipinski definition) is 3. The molecule has 0 fully saturated rings. The number of rotatable bonds is 4. The molecule has 0 rings (SSSR count). The monoisotopic (exact) mass is 183 g/mol. The molecule has 0 radical (unpaired) electrons. The van der Waals surface area contributed by atoms with Gasteiger partial charge in [-0.05, 0) is 0 Å². The highest BCUT2D eigenvalue weighted by atomic mass is 32.2. The summed E-state index contributed by atoms with van der Waals surface area (Å²) in [6.07, 6.45) is 0. The van der Waals surface area contributed by atoms with E-state index in [-0.39, 0.29) is 10.4 Å². The van der Waals surface area contributed by atoms with Crippen LogP contribution in [0.4, 0.5) is 0 Å². The summed E-state index contributed by atoms with van der Waals surface area (Å²) in [5.74, 6) is -0.288. The average molecular weight is 183 g/mol.